The molecule has 0 aliphatic heterocycles. The molecule has 23 heavy (non-hydrogen) atoms. The Hall–Kier alpha value is -2.17. The van der Waals surface area contributed by atoms with Crippen LogP contribution in [0, 0.1) is 25.6 Å². The van der Waals surface area contributed by atoms with E-state index in [-0.39, 0.29) is 23.7 Å². The fourth-order valence-electron chi connectivity index (χ4n) is 3.18. The largest absolute Gasteiger partial charge is 0.348 e. The molecule has 1 aliphatic rings. The maximum absolute atomic E-state index is 13.1. The molecule has 5 heteroatoms. The number of amides is 1. The maximum atomic E-state index is 13.1. The van der Waals surface area contributed by atoms with Crippen LogP contribution in [0.5, 0.6) is 0 Å². The summed E-state index contributed by atoms with van der Waals surface area (Å²) in [6.45, 7) is 5.73. The normalized spacial score (nSPS) is 16.9. The standard InChI is InChI=1S/C18H22FN3O/c1-10(16-11(2)21-22-12(16)3)18(23)20-17(13-4-5-13)14-6-8-15(19)9-7-14/h6-10,13,17H,4-5H2,1-3H3,(H,20,23)(H,21,22)/t10-,17-/m0/s1. The Bertz CT molecular complexity index is 684. The van der Waals surface area contributed by atoms with E-state index in [2.05, 4.69) is 15.5 Å². The number of H-pyrrole nitrogens is 1. The van der Waals surface area contributed by atoms with Crippen LogP contribution in [0.4, 0.5) is 4.39 Å². The van der Waals surface area contributed by atoms with Crippen molar-refractivity contribution in [3.8, 4) is 0 Å². The van der Waals surface area contributed by atoms with E-state index in [1.165, 1.54) is 12.1 Å². The molecule has 0 unspecified atom stereocenters. The lowest BCUT2D eigenvalue weighted by Crippen LogP contribution is -2.33. The molecule has 1 aromatic heterocycles. The zero-order valence-corrected chi connectivity index (χ0v) is 13.7. The Morgan fingerprint density at radius 1 is 1.30 bits per heavy atom. The van der Waals surface area contributed by atoms with Gasteiger partial charge in [-0.25, -0.2) is 4.39 Å². The summed E-state index contributed by atoms with van der Waals surface area (Å²) in [5, 5.41) is 10.2. The first-order valence-electron chi connectivity index (χ1n) is 8.04. The molecule has 0 radical (unpaired) electrons. The number of halogens is 1. The van der Waals surface area contributed by atoms with Crippen LogP contribution >= 0.6 is 0 Å². The second-order valence-electron chi connectivity index (χ2n) is 6.44. The van der Waals surface area contributed by atoms with Crippen LogP contribution in [0.25, 0.3) is 0 Å². The molecule has 1 saturated carbocycles. The molecule has 0 saturated heterocycles. The van der Waals surface area contributed by atoms with Crippen LogP contribution in [-0.4, -0.2) is 16.1 Å². The molecule has 122 valence electrons. The summed E-state index contributed by atoms with van der Waals surface area (Å²) >= 11 is 0. The van der Waals surface area contributed by atoms with Gasteiger partial charge in [-0.05, 0) is 57.2 Å². The van der Waals surface area contributed by atoms with E-state index in [9.17, 15) is 9.18 Å². The number of hydrogen-bond donors (Lipinski definition) is 2. The lowest BCUT2D eigenvalue weighted by molar-refractivity contribution is -0.123. The number of aryl methyl sites for hydroxylation is 2. The topological polar surface area (TPSA) is 57.8 Å². The van der Waals surface area contributed by atoms with Gasteiger partial charge in [-0.2, -0.15) is 5.10 Å². The van der Waals surface area contributed by atoms with Crippen molar-refractivity contribution in [2.75, 3.05) is 0 Å². The molecule has 1 heterocycles. The van der Waals surface area contributed by atoms with E-state index in [1.54, 1.807) is 12.1 Å². The molecule has 2 atom stereocenters. The van der Waals surface area contributed by atoms with Crippen molar-refractivity contribution in [2.24, 2.45) is 5.92 Å². The maximum Gasteiger partial charge on any atom is 0.227 e. The quantitative estimate of drug-likeness (QED) is 0.886. The number of nitrogens with one attached hydrogen (secondary N) is 2. The van der Waals surface area contributed by atoms with Gasteiger partial charge in [-0.1, -0.05) is 12.1 Å². The van der Waals surface area contributed by atoms with Crippen LogP contribution in [0.15, 0.2) is 24.3 Å². The number of hydrogen-bond acceptors (Lipinski definition) is 2. The Morgan fingerprint density at radius 2 is 1.96 bits per heavy atom. The highest BCUT2D eigenvalue weighted by Gasteiger charge is 2.34. The molecule has 2 N–H and O–H groups in total. The summed E-state index contributed by atoms with van der Waals surface area (Å²) in [4.78, 5) is 12.7. The van der Waals surface area contributed by atoms with E-state index in [4.69, 9.17) is 0 Å². The summed E-state index contributed by atoms with van der Waals surface area (Å²) < 4.78 is 13.1. The Morgan fingerprint density at radius 3 is 2.48 bits per heavy atom. The highest BCUT2D eigenvalue weighted by Crippen LogP contribution is 2.41. The number of nitrogens with zero attached hydrogens (tertiary/aromatic N) is 1. The zero-order chi connectivity index (χ0) is 16.6. The van der Waals surface area contributed by atoms with E-state index in [0.29, 0.717) is 5.92 Å². The minimum atomic E-state index is -0.268. The number of carbonyl (C=O) groups excluding carboxylic acids is 1. The highest BCUT2D eigenvalue weighted by atomic mass is 19.1. The van der Waals surface area contributed by atoms with Crippen LogP contribution in [0.3, 0.4) is 0 Å². The van der Waals surface area contributed by atoms with Crippen molar-refractivity contribution in [3.05, 3.63) is 52.6 Å². The first-order chi connectivity index (χ1) is 11.0. The number of aromatic nitrogens is 2. The van der Waals surface area contributed by atoms with Gasteiger partial charge in [0.2, 0.25) is 5.91 Å². The van der Waals surface area contributed by atoms with Crippen molar-refractivity contribution >= 4 is 5.91 Å². The van der Waals surface area contributed by atoms with E-state index < -0.39 is 0 Å². The fourth-order valence-corrected chi connectivity index (χ4v) is 3.18. The third-order valence-corrected chi connectivity index (χ3v) is 4.63. The summed E-state index contributed by atoms with van der Waals surface area (Å²) in [5.74, 6) is -0.0925. The number of rotatable bonds is 5. The predicted octanol–water partition coefficient (Wildman–Crippen LogP) is 3.54. The van der Waals surface area contributed by atoms with Crippen molar-refractivity contribution in [2.45, 2.75) is 45.6 Å². The second-order valence-corrected chi connectivity index (χ2v) is 6.44. The summed E-state index contributed by atoms with van der Waals surface area (Å²) in [5.41, 5.74) is 3.70. The first-order valence-corrected chi connectivity index (χ1v) is 8.04. The Labute approximate surface area is 135 Å². The van der Waals surface area contributed by atoms with Gasteiger partial charge >= 0.3 is 0 Å². The molecule has 2 aromatic rings. The smallest absolute Gasteiger partial charge is 0.227 e. The summed E-state index contributed by atoms with van der Waals surface area (Å²) in [6, 6.07) is 6.38. The van der Waals surface area contributed by atoms with E-state index in [1.807, 2.05) is 20.8 Å². The molecule has 3 rings (SSSR count). The zero-order valence-electron chi connectivity index (χ0n) is 13.7. The van der Waals surface area contributed by atoms with Gasteiger partial charge < -0.3 is 5.32 Å². The lowest BCUT2D eigenvalue weighted by atomic mass is 9.96. The number of carbonyl (C=O) groups is 1. The fraction of sp³-hybridized carbons (Fsp3) is 0.444. The minimum absolute atomic E-state index is 0.0150. The van der Waals surface area contributed by atoms with Gasteiger partial charge in [0.1, 0.15) is 5.82 Å². The van der Waals surface area contributed by atoms with Crippen LogP contribution in [-0.2, 0) is 4.79 Å². The predicted molar refractivity (Wildman–Crippen MR) is 86.5 cm³/mol. The van der Waals surface area contributed by atoms with Gasteiger partial charge in [0.25, 0.3) is 0 Å². The van der Waals surface area contributed by atoms with Crippen molar-refractivity contribution < 1.29 is 9.18 Å². The molecule has 0 spiro atoms. The minimum Gasteiger partial charge on any atom is -0.348 e. The van der Waals surface area contributed by atoms with E-state index >= 15 is 0 Å². The molecule has 4 nitrogen and oxygen atoms in total. The average Bonchev–Trinajstić information content (AvgIpc) is 3.31. The molecule has 1 amide bonds. The highest BCUT2D eigenvalue weighted by molar-refractivity contribution is 5.84. The average molecular weight is 315 g/mol. The second kappa shape index (κ2) is 6.14. The third-order valence-electron chi connectivity index (χ3n) is 4.63. The summed E-state index contributed by atoms with van der Waals surface area (Å²) in [6.07, 6.45) is 2.20. The van der Waals surface area contributed by atoms with Gasteiger partial charge in [-0.15, -0.1) is 0 Å². The van der Waals surface area contributed by atoms with Crippen molar-refractivity contribution in [1.29, 1.82) is 0 Å². The van der Waals surface area contributed by atoms with Crippen molar-refractivity contribution in [1.82, 2.24) is 15.5 Å². The van der Waals surface area contributed by atoms with Gasteiger partial charge in [0.15, 0.2) is 0 Å². The van der Waals surface area contributed by atoms with Crippen LogP contribution in [0.1, 0.15) is 54.2 Å². The molecular weight excluding hydrogens is 293 g/mol. The lowest BCUT2D eigenvalue weighted by Gasteiger charge is -2.21. The van der Waals surface area contributed by atoms with E-state index in [0.717, 1.165) is 35.4 Å². The van der Waals surface area contributed by atoms with Crippen molar-refractivity contribution in [3.63, 3.8) is 0 Å². The van der Waals surface area contributed by atoms with Crippen LogP contribution in [0.2, 0.25) is 0 Å². The van der Waals surface area contributed by atoms with Gasteiger partial charge in [0.05, 0.1) is 17.7 Å². The number of benzene rings is 1. The molecule has 1 fully saturated rings. The number of aromatic amines is 1. The molecule has 0 bridgehead atoms. The van der Waals surface area contributed by atoms with Gasteiger partial charge in [-0.3, -0.25) is 9.89 Å². The Kier molecular flexibility index (Phi) is 4.20. The molecule has 1 aliphatic carbocycles. The molecule has 1 aromatic carbocycles. The Balaban J connectivity index is 1.78. The molecular formula is C18H22FN3O. The van der Waals surface area contributed by atoms with Gasteiger partial charge in [0, 0.05) is 11.3 Å². The monoisotopic (exact) mass is 315 g/mol. The SMILES string of the molecule is Cc1n[nH]c(C)c1[C@H](C)C(=O)N[C@H](c1ccc(F)cc1)C1CC1. The summed E-state index contributed by atoms with van der Waals surface area (Å²) in [7, 11) is 0. The van der Waals surface area contributed by atoms with Crippen LogP contribution < -0.4 is 5.32 Å². The third kappa shape index (κ3) is 3.28. The first kappa shape index (κ1) is 15.7.